The van der Waals surface area contributed by atoms with E-state index in [1.165, 1.54) is 24.7 Å². The molecule has 6 nitrogen and oxygen atoms in total. The molecule has 0 unspecified atom stereocenters. The van der Waals surface area contributed by atoms with Crippen molar-refractivity contribution < 1.29 is 18.4 Å². The summed E-state index contributed by atoms with van der Waals surface area (Å²) in [6.45, 7) is 5.72. The number of amides is 2. The fourth-order valence-electron chi connectivity index (χ4n) is 3.82. The summed E-state index contributed by atoms with van der Waals surface area (Å²) in [5.41, 5.74) is 3.69. The Morgan fingerprint density at radius 3 is 2.14 bits per heavy atom. The van der Waals surface area contributed by atoms with Gasteiger partial charge < -0.3 is 18.8 Å². The van der Waals surface area contributed by atoms with Gasteiger partial charge in [0.05, 0.1) is 17.4 Å². The second-order valence-electron chi connectivity index (χ2n) is 7.19. The van der Waals surface area contributed by atoms with E-state index in [9.17, 15) is 14.0 Å². The van der Waals surface area contributed by atoms with E-state index in [2.05, 4.69) is 0 Å². The lowest BCUT2D eigenvalue weighted by Crippen LogP contribution is -2.50. The molecule has 3 aromatic rings. The lowest BCUT2D eigenvalue weighted by Gasteiger charge is -2.34. The summed E-state index contributed by atoms with van der Waals surface area (Å²) in [5, 5.41) is 0. The van der Waals surface area contributed by atoms with Gasteiger partial charge in [-0.2, -0.15) is 0 Å². The number of rotatable bonds is 3. The van der Waals surface area contributed by atoms with Gasteiger partial charge >= 0.3 is 0 Å². The first kappa shape index (κ1) is 19.0. The van der Waals surface area contributed by atoms with Crippen LogP contribution >= 0.6 is 0 Å². The minimum atomic E-state index is -0.296. The monoisotopic (exact) mass is 395 g/mol. The second kappa shape index (κ2) is 7.58. The summed E-state index contributed by atoms with van der Waals surface area (Å²) < 4.78 is 20.2. The van der Waals surface area contributed by atoms with E-state index in [0.29, 0.717) is 37.3 Å². The third kappa shape index (κ3) is 3.55. The van der Waals surface area contributed by atoms with Gasteiger partial charge in [-0.25, -0.2) is 4.39 Å². The van der Waals surface area contributed by atoms with Gasteiger partial charge in [0.1, 0.15) is 12.1 Å². The Hall–Kier alpha value is -3.35. The number of piperazine rings is 1. The van der Waals surface area contributed by atoms with Gasteiger partial charge in [-0.15, -0.1) is 0 Å². The topological polar surface area (TPSA) is 58.7 Å². The summed E-state index contributed by atoms with van der Waals surface area (Å²) in [5.74, 6) is -0.433. The van der Waals surface area contributed by atoms with Crippen LogP contribution in [0.15, 0.2) is 53.3 Å². The number of carbonyl (C=O) groups is 2. The highest BCUT2D eigenvalue weighted by atomic mass is 19.1. The van der Waals surface area contributed by atoms with Crippen molar-refractivity contribution >= 4 is 11.8 Å². The van der Waals surface area contributed by atoms with Crippen molar-refractivity contribution in [3.63, 3.8) is 0 Å². The first-order valence-electron chi connectivity index (χ1n) is 9.51. The molecular formula is C22H22FN3O3. The van der Waals surface area contributed by atoms with E-state index in [1.807, 2.05) is 24.5 Å². The van der Waals surface area contributed by atoms with Gasteiger partial charge in [0, 0.05) is 43.3 Å². The fraction of sp³-hybridized carbons (Fsp3) is 0.273. The van der Waals surface area contributed by atoms with E-state index in [-0.39, 0.29) is 17.6 Å². The maximum atomic E-state index is 13.3. The lowest BCUT2D eigenvalue weighted by molar-refractivity contribution is 0.0534. The number of hydrogen-bond acceptors (Lipinski definition) is 3. The maximum Gasteiger partial charge on any atom is 0.257 e. The number of carbonyl (C=O) groups excluding carboxylic acids is 2. The molecule has 0 aliphatic carbocycles. The van der Waals surface area contributed by atoms with Crippen LogP contribution in [0, 0.1) is 19.7 Å². The Bertz CT molecular complexity index is 1030. The Labute approximate surface area is 168 Å². The average Bonchev–Trinajstić information content (AvgIpc) is 3.36. The van der Waals surface area contributed by atoms with Crippen LogP contribution in [-0.2, 0) is 0 Å². The van der Waals surface area contributed by atoms with Crippen LogP contribution in [-0.4, -0.2) is 52.4 Å². The lowest BCUT2D eigenvalue weighted by atomic mass is 10.2. The predicted molar refractivity (Wildman–Crippen MR) is 106 cm³/mol. The molecule has 3 heterocycles. The molecule has 0 radical (unpaired) electrons. The molecule has 2 aromatic heterocycles. The maximum absolute atomic E-state index is 13.3. The zero-order chi connectivity index (χ0) is 20.5. The van der Waals surface area contributed by atoms with Crippen LogP contribution in [0.3, 0.4) is 0 Å². The summed E-state index contributed by atoms with van der Waals surface area (Å²) in [4.78, 5) is 29.0. The molecule has 0 atom stereocenters. The molecule has 0 spiro atoms. The first-order valence-corrected chi connectivity index (χ1v) is 9.51. The molecule has 1 saturated heterocycles. The number of furan rings is 1. The SMILES string of the molecule is Cc1cc(C(=O)N2CCN(C(=O)c3ccoc3)CC2)c(C)n1-c1ccc(F)cc1. The third-order valence-electron chi connectivity index (χ3n) is 5.37. The number of hydrogen-bond donors (Lipinski definition) is 0. The van der Waals surface area contributed by atoms with Crippen LogP contribution < -0.4 is 0 Å². The molecule has 0 N–H and O–H groups in total. The van der Waals surface area contributed by atoms with Crippen molar-refractivity contribution in [1.29, 1.82) is 0 Å². The summed E-state index contributed by atoms with van der Waals surface area (Å²) in [6, 6.07) is 9.72. The number of aryl methyl sites for hydroxylation is 1. The smallest absolute Gasteiger partial charge is 0.257 e. The average molecular weight is 395 g/mol. The van der Waals surface area contributed by atoms with Gasteiger partial charge in [0.2, 0.25) is 0 Å². The highest BCUT2D eigenvalue weighted by Crippen LogP contribution is 2.23. The van der Waals surface area contributed by atoms with E-state index in [1.54, 1.807) is 28.0 Å². The Morgan fingerprint density at radius 1 is 0.931 bits per heavy atom. The quantitative estimate of drug-likeness (QED) is 0.683. The van der Waals surface area contributed by atoms with E-state index >= 15 is 0 Å². The Kier molecular flexibility index (Phi) is 4.96. The third-order valence-corrected chi connectivity index (χ3v) is 5.37. The Balaban J connectivity index is 1.49. The van der Waals surface area contributed by atoms with Crippen LogP contribution in [0.2, 0.25) is 0 Å². The van der Waals surface area contributed by atoms with Gasteiger partial charge in [0.15, 0.2) is 0 Å². The van der Waals surface area contributed by atoms with Crippen molar-refractivity contribution in [3.05, 3.63) is 77.3 Å². The number of aromatic nitrogens is 1. The van der Waals surface area contributed by atoms with Crippen molar-refractivity contribution in [2.75, 3.05) is 26.2 Å². The molecule has 0 bridgehead atoms. The summed E-state index contributed by atoms with van der Waals surface area (Å²) in [7, 11) is 0. The molecule has 7 heteroatoms. The van der Waals surface area contributed by atoms with Crippen LogP contribution in [0.1, 0.15) is 32.1 Å². The molecule has 1 aromatic carbocycles. The van der Waals surface area contributed by atoms with Gasteiger partial charge in [-0.05, 0) is 50.2 Å². The van der Waals surface area contributed by atoms with Crippen LogP contribution in [0.4, 0.5) is 4.39 Å². The minimum absolute atomic E-state index is 0.0538. The summed E-state index contributed by atoms with van der Waals surface area (Å²) >= 11 is 0. The van der Waals surface area contributed by atoms with E-state index < -0.39 is 0 Å². The fourth-order valence-corrected chi connectivity index (χ4v) is 3.82. The van der Waals surface area contributed by atoms with Crippen molar-refractivity contribution in [2.24, 2.45) is 0 Å². The van der Waals surface area contributed by atoms with E-state index in [0.717, 1.165) is 17.1 Å². The highest BCUT2D eigenvalue weighted by Gasteiger charge is 2.28. The van der Waals surface area contributed by atoms with Crippen molar-refractivity contribution in [2.45, 2.75) is 13.8 Å². The molecule has 29 heavy (non-hydrogen) atoms. The molecular weight excluding hydrogens is 373 g/mol. The molecule has 0 saturated carbocycles. The molecule has 4 rings (SSSR count). The van der Waals surface area contributed by atoms with Crippen LogP contribution in [0.5, 0.6) is 0 Å². The van der Waals surface area contributed by atoms with E-state index in [4.69, 9.17) is 4.42 Å². The normalized spacial score (nSPS) is 14.3. The number of nitrogens with zero attached hydrogens (tertiary/aromatic N) is 3. The van der Waals surface area contributed by atoms with Gasteiger partial charge in [-0.1, -0.05) is 0 Å². The first-order chi connectivity index (χ1) is 14.0. The van der Waals surface area contributed by atoms with Gasteiger partial charge in [-0.3, -0.25) is 9.59 Å². The number of halogens is 1. The van der Waals surface area contributed by atoms with Crippen molar-refractivity contribution in [1.82, 2.24) is 14.4 Å². The second-order valence-corrected chi connectivity index (χ2v) is 7.19. The molecule has 2 amide bonds. The highest BCUT2D eigenvalue weighted by molar-refractivity contribution is 5.97. The predicted octanol–water partition coefficient (Wildman–Crippen LogP) is 3.42. The zero-order valence-electron chi connectivity index (χ0n) is 16.4. The Morgan fingerprint density at radius 2 is 1.55 bits per heavy atom. The summed E-state index contributed by atoms with van der Waals surface area (Å²) in [6.07, 6.45) is 2.91. The zero-order valence-corrected chi connectivity index (χ0v) is 16.4. The molecule has 150 valence electrons. The molecule has 1 fully saturated rings. The molecule has 1 aliphatic heterocycles. The van der Waals surface area contributed by atoms with Crippen LogP contribution in [0.25, 0.3) is 5.69 Å². The van der Waals surface area contributed by atoms with Gasteiger partial charge in [0.25, 0.3) is 11.8 Å². The van der Waals surface area contributed by atoms with Crippen molar-refractivity contribution in [3.8, 4) is 5.69 Å². The number of benzene rings is 1. The minimum Gasteiger partial charge on any atom is -0.472 e. The molecule has 1 aliphatic rings. The standard InChI is InChI=1S/C22H22FN3O3/c1-15-13-20(16(2)26(15)19-5-3-18(23)4-6-19)22(28)25-10-8-24(9-11-25)21(27)17-7-12-29-14-17/h3-7,12-14H,8-11H2,1-2H3. The largest absolute Gasteiger partial charge is 0.472 e.